The van der Waals surface area contributed by atoms with Crippen LogP contribution < -0.4 is 5.32 Å². The van der Waals surface area contributed by atoms with Crippen LogP contribution in [0.15, 0.2) is 30.3 Å². The second kappa shape index (κ2) is 11.0. The van der Waals surface area contributed by atoms with E-state index in [0.29, 0.717) is 12.3 Å². The fraction of sp³-hybridized carbons (Fsp3) is 0.565. The fourth-order valence-corrected chi connectivity index (χ4v) is 3.50. The molecule has 1 aromatic heterocycles. The van der Waals surface area contributed by atoms with E-state index in [1.807, 2.05) is 13.0 Å². The van der Waals surface area contributed by atoms with Crippen molar-refractivity contribution in [1.82, 2.24) is 20.0 Å². The summed E-state index contributed by atoms with van der Waals surface area (Å²) in [5.74, 6) is 0.690. The minimum atomic E-state index is 0.126. The number of nitrogens with zero attached hydrogens (tertiary/aromatic N) is 3. The van der Waals surface area contributed by atoms with Crippen molar-refractivity contribution >= 4 is 5.91 Å². The number of hydrogen-bond donors (Lipinski definition) is 1. The van der Waals surface area contributed by atoms with Crippen LogP contribution in [0.4, 0.5) is 0 Å². The summed E-state index contributed by atoms with van der Waals surface area (Å²) < 4.78 is 2.08. The summed E-state index contributed by atoms with van der Waals surface area (Å²) in [6, 6.07) is 10.5. The van der Waals surface area contributed by atoms with E-state index in [9.17, 15) is 4.79 Å². The zero-order chi connectivity index (χ0) is 20.5. The van der Waals surface area contributed by atoms with Crippen LogP contribution in [0.2, 0.25) is 0 Å². The van der Waals surface area contributed by atoms with Crippen molar-refractivity contribution in [2.75, 3.05) is 20.1 Å². The van der Waals surface area contributed by atoms with Crippen molar-refractivity contribution in [2.45, 2.75) is 60.0 Å². The minimum Gasteiger partial charge on any atom is -0.356 e. The highest BCUT2D eigenvalue weighted by molar-refractivity contribution is 5.76. The van der Waals surface area contributed by atoms with Gasteiger partial charge in [-0.05, 0) is 57.3 Å². The van der Waals surface area contributed by atoms with Gasteiger partial charge in [-0.15, -0.1) is 0 Å². The third kappa shape index (κ3) is 7.12. The van der Waals surface area contributed by atoms with E-state index >= 15 is 0 Å². The van der Waals surface area contributed by atoms with E-state index in [-0.39, 0.29) is 5.91 Å². The molecule has 0 aliphatic heterocycles. The summed E-state index contributed by atoms with van der Waals surface area (Å²) in [6.45, 7) is 12.1. The predicted molar refractivity (Wildman–Crippen MR) is 115 cm³/mol. The average Bonchev–Trinajstić information content (AvgIpc) is 2.90. The zero-order valence-corrected chi connectivity index (χ0v) is 18.2. The number of hydrogen-bond acceptors (Lipinski definition) is 3. The fourth-order valence-electron chi connectivity index (χ4n) is 3.50. The monoisotopic (exact) mass is 384 g/mol. The van der Waals surface area contributed by atoms with Gasteiger partial charge in [-0.2, -0.15) is 5.10 Å². The van der Waals surface area contributed by atoms with Crippen LogP contribution >= 0.6 is 0 Å². The molecule has 28 heavy (non-hydrogen) atoms. The first-order chi connectivity index (χ1) is 13.4. The number of carbonyl (C=O) groups excluding carboxylic acids is 1. The SMILES string of the molecule is Cc1nn(CC(C)C)c(C)c1CCC(=O)NCCCN(C)Cc1ccccc1. The first kappa shape index (κ1) is 22.2. The van der Waals surface area contributed by atoms with Crippen molar-refractivity contribution in [3.8, 4) is 0 Å². The van der Waals surface area contributed by atoms with Crippen LogP contribution in [0.3, 0.4) is 0 Å². The summed E-state index contributed by atoms with van der Waals surface area (Å²) >= 11 is 0. The quantitative estimate of drug-likeness (QED) is 0.601. The molecular weight excluding hydrogens is 348 g/mol. The molecule has 2 aromatic rings. The molecule has 0 atom stereocenters. The van der Waals surface area contributed by atoms with Gasteiger partial charge in [-0.3, -0.25) is 9.48 Å². The van der Waals surface area contributed by atoms with Crippen LogP contribution in [0, 0.1) is 19.8 Å². The lowest BCUT2D eigenvalue weighted by molar-refractivity contribution is -0.121. The number of aryl methyl sites for hydroxylation is 1. The number of carbonyl (C=O) groups is 1. The summed E-state index contributed by atoms with van der Waals surface area (Å²) in [6.07, 6.45) is 2.24. The summed E-state index contributed by atoms with van der Waals surface area (Å²) in [7, 11) is 2.12. The Bertz CT molecular complexity index is 737. The molecule has 1 heterocycles. The van der Waals surface area contributed by atoms with Crippen LogP contribution in [-0.4, -0.2) is 40.7 Å². The maximum Gasteiger partial charge on any atom is 0.220 e. The van der Waals surface area contributed by atoms with Gasteiger partial charge < -0.3 is 10.2 Å². The number of aromatic nitrogens is 2. The maximum absolute atomic E-state index is 12.2. The molecule has 0 saturated carbocycles. The summed E-state index contributed by atoms with van der Waals surface area (Å²) in [5.41, 5.74) is 4.78. The van der Waals surface area contributed by atoms with Crippen LogP contribution in [0.5, 0.6) is 0 Å². The number of nitrogens with one attached hydrogen (secondary N) is 1. The minimum absolute atomic E-state index is 0.126. The van der Waals surface area contributed by atoms with Gasteiger partial charge in [0.25, 0.3) is 0 Å². The number of rotatable bonds is 11. The van der Waals surface area contributed by atoms with Gasteiger partial charge in [0.1, 0.15) is 0 Å². The third-order valence-electron chi connectivity index (χ3n) is 5.01. The molecule has 1 aromatic carbocycles. The van der Waals surface area contributed by atoms with E-state index in [2.05, 4.69) is 72.1 Å². The number of amides is 1. The smallest absolute Gasteiger partial charge is 0.220 e. The standard InChI is InChI=1S/C23H36N4O/c1-18(2)16-27-20(4)22(19(3)25-27)12-13-23(28)24-14-9-15-26(5)17-21-10-7-6-8-11-21/h6-8,10-11,18H,9,12-17H2,1-5H3,(H,24,28). The Labute approximate surface area is 170 Å². The van der Waals surface area contributed by atoms with Gasteiger partial charge in [0.05, 0.1) is 5.69 Å². The second-order valence-electron chi connectivity index (χ2n) is 8.15. The van der Waals surface area contributed by atoms with Gasteiger partial charge in [-0.1, -0.05) is 44.2 Å². The van der Waals surface area contributed by atoms with Gasteiger partial charge in [0.15, 0.2) is 0 Å². The molecule has 5 nitrogen and oxygen atoms in total. The molecule has 0 spiro atoms. The highest BCUT2D eigenvalue weighted by Crippen LogP contribution is 2.16. The van der Waals surface area contributed by atoms with Crippen molar-refractivity contribution < 1.29 is 4.79 Å². The first-order valence-electron chi connectivity index (χ1n) is 10.4. The third-order valence-corrected chi connectivity index (χ3v) is 5.01. The molecule has 5 heteroatoms. The molecule has 1 amide bonds. The van der Waals surface area contributed by atoms with Crippen LogP contribution in [0.25, 0.3) is 0 Å². The molecular formula is C23H36N4O. The molecule has 0 radical (unpaired) electrons. The molecule has 0 fully saturated rings. The van der Waals surface area contributed by atoms with Crippen molar-refractivity contribution in [3.05, 3.63) is 52.8 Å². The molecule has 0 aliphatic rings. The molecule has 0 unspecified atom stereocenters. The largest absolute Gasteiger partial charge is 0.356 e. The molecule has 1 N–H and O–H groups in total. The first-order valence-corrected chi connectivity index (χ1v) is 10.4. The molecule has 2 rings (SSSR count). The van der Waals surface area contributed by atoms with E-state index in [1.165, 1.54) is 16.8 Å². The Hall–Kier alpha value is -2.14. The average molecular weight is 385 g/mol. The Kier molecular flexibility index (Phi) is 8.71. The Morgan fingerprint density at radius 2 is 1.93 bits per heavy atom. The van der Waals surface area contributed by atoms with E-state index < -0.39 is 0 Å². The van der Waals surface area contributed by atoms with Gasteiger partial charge in [0.2, 0.25) is 5.91 Å². The molecule has 0 saturated heterocycles. The molecule has 0 aliphatic carbocycles. The predicted octanol–water partition coefficient (Wildman–Crippen LogP) is 3.73. The van der Waals surface area contributed by atoms with E-state index in [1.54, 1.807) is 0 Å². The summed E-state index contributed by atoms with van der Waals surface area (Å²) in [5, 5.41) is 7.69. The molecule has 0 bridgehead atoms. The van der Waals surface area contributed by atoms with Gasteiger partial charge >= 0.3 is 0 Å². The zero-order valence-electron chi connectivity index (χ0n) is 18.2. The lowest BCUT2D eigenvalue weighted by Crippen LogP contribution is -2.28. The van der Waals surface area contributed by atoms with Crippen molar-refractivity contribution in [3.63, 3.8) is 0 Å². The van der Waals surface area contributed by atoms with Crippen molar-refractivity contribution in [1.29, 1.82) is 0 Å². The lowest BCUT2D eigenvalue weighted by atomic mass is 10.1. The van der Waals surface area contributed by atoms with E-state index in [0.717, 1.165) is 44.7 Å². The van der Waals surface area contributed by atoms with Gasteiger partial charge in [0, 0.05) is 31.7 Å². The van der Waals surface area contributed by atoms with Crippen molar-refractivity contribution in [2.24, 2.45) is 5.92 Å². The Balaban J connectivity index is 1.67. The Morgan fingerprint density at radius 1 is 1.21 bits per heavy atom. The molecule has 154 valence electrons. The lowest BCUT2D eigenvalue weighted by Gasteiger charge is -2.16. The van der Waals surface area contributed by atoms with Gasteiger partial charge in [-0.25, -0.2) is 0 Å². The maximum atomic E-state index is 12.2. The van der Waals surface area contributed by atoms with Crippen LogP contribution in [-0.2, 0) is 24.3 Å². The summed E-state index contributed by atoms with van der Waals surface area (Å²) in [4.78, 5) is 14.5. The topological polar surface area (TPSA) is 50.2 Å². The highest BCUT2D eigenvalue weighted by Gasteiger charge is 2.13. The Morgan fingerprint density at radius 3 is 2.61 bits per heavy atom. The normalized spacial score (nSPS) is 11.4. The number of benzene rings is 1. The highest BCUT2D eigenvalue weighted by atomic mass is 16.1. The second-order valence-corrected chi connectivity index (χ2v) is 8.15. The van der Waals surface area contributed by atoms with Crippen LogP contribution in [0.1, 0.15) is 49.2 Å². The van der Waals surface area contributed by atoms with E-state index in [4.69, 9.17) is 0 Å².